The van der Waals surface area contributed by atoms with Gasteiger partial charge in [0.2, 0.25) is 0 Å². The molecule has 0 spiro atoms. The fraction of sp³-hybridized carbons (Fsp3) is 0.400. The maximum absolute atomic E-state index is 13.4. The Hall–Kier alpha value is -0.760. The van der Waals surface area contributed by atoms with Crippen LogP contribution in [0.1, 0.15) is 25.3 Å². The van der Waals surface area contributed by atoms with E-state index in [1.807, 2.05) is 0 Å². The standard InChI is InChI=1S/C10H12FIN2O2/c1-5(6(2)13)7-3-8(11)9(12)4-10(7)14(15)16/h3-6H,13H2,1-2H3. The smallest absolute Gasteiger partial charge is 0.274 e. The van der Waals surface area contributed by atoms with Gasteiger partial charge in [-0.05, 0) is 35.6 Å². The van der Waals surface area contributed by atoms with Gasteiger partial charge in [0.25, 0.3) is 5.69 Å². The molecule has 0 heterocycles. The van der Waals surface area contributed by atoms with Crippen LogP contribution < -0.4 is 5.73 Å². The molecule has 16 heavy (non-hydrogen) atoms. The van der Waals surface area contributed by atoms with Crippen molar-refractivity contribution in [1.82, 2.24) is 0 Å². The Bertz CT molecular complexity index is 424. The number of halogens is 2. The largest absolute Gasteiger partial charge is 0.327 e. The highest BCUT2D eigenvalue weighted by Crippen LogP contribution is 2.31. The highest BCUT2D eigenvalue weighted by atomic mass is 127. The minimum absolute atomic E-state index is 0.0735. The first-order valence-electron chi connectivity index (χ1n) is 4.73. The molecule has 2 unspecified atom stereocenters. The highest BCUT2D eigenvalue weighted by Gasteiger charge is 2.23. The molecule has 0 fully saturated rings. The van der Waals surface area contributed by atoms with E-state index in [1.54, 1.807) is 36.4 Å². The lowest BCUT2D eigenvalue weighted by atomic mass is 9.93. The molecule has 0 aliphatic heterocycles. The molecule has 0 saturated heterocycles. The van der Waals surface area contributed by atoms with E-state index in [0.717, 1.165) is 0 Å². The monoisotopic (exact) mass is 338 g/mol. The van der Waals surface area contributed by atoms with E-state index in [-0.39, 0.29) is 21.2 Å². The van der Waals surface area contributed by atoms with Crippen molar-refractivity contribution >= 4 is 28.3 Å². The average molecular weight is 338 g/mol. The SMILES string of the molecule is CC(N)C(C)c1cc(F)c(I)cc1[N+](=O)[O-]. The fourth-order valence-corrected chi connectivity index (χ4v) is 1.81. The summed E-state index contributed by atoms with van der Waals surface area (Å²) in [5, 5.41) is 10.9. The predicted molar refractivity (Wildman–Crippen MR) is 67.8 cm³/mol. The van der Waals surface area contributed by atoms with Crippen LogP contribution in [0.4, 0.5) is 10.1 Å². The number of nitrogens with zero attached hydrogens (tertiary/aromatic N) is 1. The molecule has 1 rings (SSSR count). The Morgan fingerprint density at radius 2 is 2.06 bits per heavy atom. The minimum Gasteiger partial charge on any atom is -0.327 e. The van der Waals surface area contributed by atoms with Crippen LogP contribution in [0.15, 0.2) is 12.1 Å². The van der Waals surface area contributed by atoms with Crippen LogP contribution in [0.3, 0.4) is 0 Å². The number of nitro benzene ring substituents is 1. The van der Waals surface area contributed by atoms with Gasteiger partial charge >= 0.3 is 0 Å². The maximum atomic E-state index is 13.4. The summed E-state index contributed by atoms with van der Waals surface area (Å²) in [5.41, 5.74) is 5.95. The molecule has 0 bridgehead atoms. The van der Waals surface area contributed by atoms with Crippen LogP contribution in [-0.2, 0) is 0 Å². The topological polar surface area (TPSA) is 69.2 Å². The third-order valence-electron chi connectivity index (χ3n) is 2.55. The number of hydrogen-bond acceptors (Lipinski definition) is 3. The van der Waals surface area contributed by atoms with E-state index >= 15 is 0 Å². The predicted octanol–water partition coefficient (Wildman–Crippen LogP) is 2.79. The van der Waals surface area contributed by atoms with Gasteiger partial charge in [-0.3, -0.25) is 10.1 Å². The molecular formula is C10H12FIN2O2. The van der Waals surface area contributed by atoms with Crippen LogP contribution in [0, 0.1) is 19.5 Å². The van der Waals surface area contributed by atoms with Crippen LogP contribution in [0.2, 0.25) is 0 Å². The van der Waals surface area contributed by atoms with Crippen molar-refractivity contribution in [2.24, 2.45) is 5.73 Å². The molecule has 2 atom stereocenters. The first-order chi connectivity index (χ1) is 7.34. The Kier molecular flexibility index (Phi) is 4.20. The first kappa shape index (κ1) is 13.3. The van der Waals surface area contributed by atoms with Crippen molar-refractivity contribution < 1.29 is 9.31 Å². The van der Waals surface area contributed by atoms with Gasteiger partial charge in [-0.2, -0.15) is 0 Å². The molecule has 1 aromatic carbocycles. The summed E-state index contributed by atoms with van der Waals surface area (Å²) < 4.78 is 13.6. The molecule has 88 valence electrons. The van der Waals surface area contributed by atoms with Crippen LogP contribution in [0.25, 0.3) is 0 Å². The third-order valence-corrected chi connectivity index (χ3v) is 3.37. The Morgan fingerprint density at radius 3 is 2.50 bits per heavy atom. The number of nitrogens with two attached hydrogens (primary N) is 1. The lowest BCUT2D eigenvalue weighted by Gasteiger charge is -2.16. The molecule has 0 radical (unpaired) electrons. The Balaban J connectivity index is 3.36. The van der Waals surface area contributed by atoms with Gasteiger partial charge in [0.1, 0.15) is 5.82 Å². The van der Waals surface area contributed by atoms with E-state index in [9.17, 15) is 14.5 Å². The number of rotatable bonds is 3. The van der Waals surface area contributed by atoms with Crippen molar-refractivity contribution in [3.63, 3.8) is 0 Å². The summed E-state index contributed by atoms with van der Waals surface area (Å²) in [6.07, 6.45) is 0. The first-order valence-corrected chi connectivity index (χ1v) is 5.81. The summed E-state index contributed by atoms with van der Waals surface area (Å²) in [4.78, 5) is 10.3. The van der Waals surface area contributed by atoms with E-state index in [1.165, 1.54) is 12.1 Å². The summed E-state index contributed by atoms with van der Waals surface area (Å²) in [7, 11) is 0. The van der Waals surface area contributed by atoms with Gasteiger partial charge in [0, 0.05) is 23.6 Å². The van der Waals surface area contributed by atoms with Crippen LogP contribution in [0.5, 0.6) is 0 Å². The second kappa shape index (κ2) is 5.05. The van der Waals surface area contributed by atoms with Gasteiger partial charge in [-0.25, -0.2) is 4.39 Å². The maximum Gasteiger partial charge on any atom is 0.274 e. The lowest BCUT2D eigenvalue weighted by molar-refractivity contribution is -0.385. The number of hydrogen-bond donors (Lipinski definition) is 1. The molecular weight excluding hydrogens is 326 g/mol. The number of nitro groups is 1. The van der Waals surface area contributed by atoms with Crippen LogP contribution in [-0.4, -0.2) is 11.0 Å². The van der Waals surface area contributed by atoms with Crippen molar-refractivity contribution in [2.45, 2.75) is 25.8 Å². The van der Waals surface area contributed by atoms with E-state index < -0.39 is 10.7 Å². The summed E-state index contributed by atoms with van der Waals surface area (Å²) in [6, 6.07) is 2.18. The van der Waals surface area contributed by atoms with Gasteiger partial charge in [0.15, 0.2) is 0 Å². The van der Waals surface area contributed by atoms with Crippen molar-refractivity contribution in [1.29, 1.82) is 0 Å². The quantitative estimate of drug-likeness (QED) is 0.523. The fourth-order valence-electron chi connectivity index (χ4n) is 1.36. The van der Waals surface area contributed by atoms with E-state index in [2.05, 4.69) is 0 Å². The minimum atomic E-state index is -0.504. The average Bonchev–Trinajstić information content (AvgIpc) is 2.19. The van der Waals surface area contributed by atoms with E-state index in [4.69, 9.17) is 5.73 Å². The molecule has 6 heteroatoms. The molecule has 1 aromatic rings. The Labute approximate surface area is 106 Å². The number of benzene rings is 1. The highest BCUT2D eigenvalue weighted by molar-refractivity contribution is 14.1. The molecule has 0 aromatic heterocycles. The van der Waals surface area contributed by atoms with Gasteiger partial charge in [0.05, 0.1) is 8.49 Å². The van der Waals surface area contributed by atoms with Crippen molar-refractivity contribution in [3.05, 3.63) is 37.2 Å². The molecule has 0 amide bonds. The zero-order chi connectivity index (χ0) is 12.5. The zero-order valence-corrected chi connectivity index (χ0v) is 11.1. The van der Waals surface area contributed by atoms with Crippen molar-refractivity contribution in [2.75, 3.05) is 0 Å². The second-order valence-corrected chi connectivity index (χ2v) is 4.89. The van der Waals surface area contributed by atoms with Gasteiger partial charge < -0.3 is 5.73 Å². The van der Waals surface area contributed by atoms with E-state index in [0.29, 0.717) is 5.56 Å². The summed E-state index contributed by atoms with van der Waals surface area (Å²) in [6.45, 7) is 3.49. The normalized spacial score (nSPS) is 14.6. The molecule has 2 N–H and O–H groups in total. The molecule has 4 nitrogen and oxygen atoms in total. The zero-order valence-electron chi connectivity index (χ0n) is 8.91. The molecule has 0 aliphatic carbocycles. The third kappa shape index (κ3) is 2.67. The second-order valence-electron chi connectivity index (χ2n) is 3.73. The lowest BCUT2D eigenvalue weighted by Crippen LogP contribution is -2.23. The molecule has 0 saturated carbocycles. The summed E-state index contributed by atoms with van der Waals surface area (Å²) in [5.74, 6) is -0.708. The summed E-state index contributed by atoms with van der Waals surface area (Å²) >= 11 is 1.73. The van der Waals surface area contributed by atoms with Crippen molar-refractivity contribution in [3.8, 4) is 0 Å². The molecule has 0 aliphatic rings. The van der Waals surface area contributed by atoms with Crippen LogP contribution >= 0.6 is 22.6 Å². The van der Waals surface area contributed by atoms with Gasteiger partial charge in [-0.15, -0.1) is 0 Å². The Morgan fingerprint density at radius 1 is 1.50 bits per heavy atom. The van der Waals surface area contributed by atoms with Gasteiger partial charge in [-0.1, -0.05) is 6.92 Å².